The van der Waals surface area contributed by atoms with Gasteiger partial charge in [0, 0.05) is 30.3 Å². The summed E-state index contributed by atoms with van der Waals surface area (Å²) in [6, 6.07) is 5.61. The normalized spacial score (nSPS) is 28.0. The molecule has 3 atom stereocenters. The predicted octanol–water partition coefficient (Wildman–Crippen LogP) is 2.90. The van der Waals surface area contributed by atoms with Gasteiger partial charge in [-0.2, -0.15) is 0 Å². The first kappa shape index (κ1) is 14.2. The van der Waals surface area contributed by atoms with Crippen LogP contribution in [-0.4, -0.2) is 39.3 Å². The highest BCUT2D eigenvalue weighted by molar-refractivity contribution is 5.69. The van der Waals surface area contributed by atoms with E-state index in [0.717, 1.165) is 25.1 Å². The topological polar surface area (TPSA) is 62.7 Å². The van der Waals surface area contributed by atoms with Crippen LogP contribution in [0.1, 0.15) is 45.2 Å². The molecule has 21 heavy (non-hydrogen) atoms. The quantitative estimate of drug-likeness (QED) is 0.864. The fourth-order valence-electron chi connectivity index (χ4n) is 3.51. The van der Waals surface area contributed by atoms with Crippen molar-refractivity contribution in [1.82, 2.24) is 9.88 Å². The van der Waals surface area contributed by atoms with Crippen LogP contribution in [0.2, 0.25) is 0 Å². The molecular formula is C16H22N2O3. The Morgan fingerprint density at radius 1 is 1.38 bits per heavy atom. The second-order valence-electron chi connectivity index (χ2n) is 7.05. The summed E-state index contributed by atoms with van der Waals surface area (Å²) in [6.45, 7) is 6.39. The highest BCUT2D eigenvalue weighted by Crippen LogP contribution is 2.47. The van der Waals surface area contributed by atoms with Gasteiger partial charge in [0.15, 0.2) is 0 Å². The van der Waals surface area contributed by atoms with E-state index in [4.69, 9.17) is 4.74 Å². The van der Waals surface area contributed by atoms with Crippen molar-refractivity contribution >= 4 is 6.09 Å². The molecule has 2 heterocycles. The molecule has 1 aromatic rings. The molecule has 114 valence electrons. The van der Waals surface area contributed by atoms with Crippen molar-refractivity contribution in [1.29, 1.82) is 0 Å². The predicted molar refractivity (Wildman–Crippen MR) is 78.1 cm³/mol. The van der Waals surface area contributed by atoms with Crippen molar-refractivity contribution in [3.05, 3.63) is 23.9 Å². The van der Waals surface area contributed by atoms with Crippen molar-refractivity contribution < 1.29 is 14.6 Å². The molecule has 2 bridgehead atoms. The van der Waals surface area contributed by atoms with Gasteiger partial charge in [0.2, 0.25) is 5.88 Å². The van der Waals surface area contributed by atoms with Crippen molar-refractivity contribution in [2.75, 3.05) is 6.54 Å². The zero-order chi connectivity index (χ0) is 15.2. The third kappa shape index (κ3) is 2.82. The summed E-state index contributed by atoms with van der Waals surface area (Å²) >= 11 is 0. The molecule has 0 spiro atoms. The van der Waals surface area contributed by atoms with E-state index < -0.39 is 5.60 Å². The van der Waals surface area contributed by atoms with Gasteiger partial charge < -0.3 is 14.7 Å². The van der Waals surface area contributed by atoms with E-state index in [1.165, 1.54) is 0 Å². The number of aromatic hydroxyl groups is 1. The van der Waals surface area contributed by atoms with Gasteiger partial charge >= 0.3 is 6.09 Å². The van der Waals surface area contributed by atoms with Gasteiger partial charge in [-0.1, -0.05) is 6.07 Å². The first-order valence-electron chi connectivity index (χ1n) is 7.49. The minimum atomic E-state index is -0.453. The molecule has 1 aromatic heterocycles. The molecule has 1 N–H and O–H groups in total. The van der Waals surface area contributed by atoms with E-state index in [-0.39, 0.29) is 18.0 Å². The lowest BCUT2D eigenvalue weighted by Gasteiger charge is -2.33. The molecule has 1 aliphatic carbocycles. The second kappa shape index (κ2) is 4.90. The summed E-state index contributed by atoms with van der Waals surface area (Å²) < 4.78 is 5.47. The van der Waals surface area contributed by atoms with E-state index >= 15 is 0 Å². The first-order chi connectivity index (χ1) is 9.83. The molecule has 1 saturated heterocycles. The van der Waals surface area contributed by atoms with E-state index in [2.05, 4.69) is 4.98 Å². The van der Waals surface area contributed by atoms with Crippen molar-refractivity contribution in [3.8, 4) is 5.88 Å². The first-order valence-corrected chi connectivity index (χ1v) is 7.49. The molecule has 0 radical (unpaired) electrons. The number of aromatic nitrogens is 1. The molecular weight excluding hydrogens is 268 g/mol. The number of hydrogen-bond acceptors (Lipinski definition) is 4. The zero-order valence-corrected chi connectivity index (χ0v) is 12.7. The Kier molecular flexibility index (Phi) is 3.30. The molecule has 3 rings (SSSR count). The summed E-state index contributed by atoms with van der Waals surface area (Å²) in [5.74, 6) is 0.817. The summed E-state index contributed by atoms with van der Waals surface area (Å²) in [4.78, 5) is 18.3. The largest absolute Gasteiger partial charge is 0.493 e. The fourth-order valence-corrected chi connectivity index (χ4v) is 3.51. The van der Waals surface area contributed by atoms with Crippen LogP contribution in [0.4, 0.5) is 4.79 Å². The van der Waals surface area contributed by atoms with Gasteiger partial charge in [-0.05, 0) is 45.6 Å². The number of rotatable bonds is 1. The maximum Gasteiger partial charge on any atom is 0.410 e. The van der Waals surface area contributed by atoms with E-state index in [0.29, 0.717) is 11.8 Å². The minimum Gasteiger partial charge on any atom is -0.493 e. The van der Waals surface area contributed by atoms with Crippen LogP contribution in [0.15, 0.2) is 18.2 Å². The Morgan fingerprint density at radius 3 is 2.71 bits per heavy atom. The van der Waals surface area contributed by atoms with E-state index in [9.17, 15) is 9.90 Å². The van der Waals surface area contributed by atoms with Gasteiger partial charge in [0.25, 0.3) is 0 Å². The van der Waals surface area contributed by atoms with E-state index in [1.54, 1.807) is 6.07 Å². The number of amides is 1. The molecule has 3 unspecified atom stereocenters. The lowest BCUT2D eigenvalue weighted by molar-refractivity contribution is 0.0180. The van der Waals surface area contributed by atoms with Gasteiger partial charge in [0.05, 0.1) is 0 Å². The number of hydrogen-bond donors (Lipinski definition) is 1. The summed E-state index contributed by atoms with van der Waals surface area (Å²) in [7, 11) is 0. The molecule has 1 saturated carbocycles. The molecule has 2 aliphatic rings. The Balaban J connectivity index is 1.68. The number of pyridine rings is 1. The number of piperidine rings is 1. The summed E-state index contributed by atoms with van der Waals surface area (Å²) in [5.41, 5.74) is 0.483. The monoisotopic (exact) mass is 290 g/mol. The second-order valence-corrected chi connectivity index (χ2v) is 7.05. The Hall–Kier alpha value is -1.78. The highest BCUT2D eigenvalue weighted by atomic mass is 16.6. The standard InChI is InChI=1S/C16H22N2O3/c1-16(2,3)21-15(20)18-9-10-7-11(18)8-12(10)13-5-4-6-14(19)17-13/h4-6,10-12H,7-9H2,1-3H3,(H,17,19). The Morgan fingerprint density at radius 2 is 2.14 bits per heavy atom. The number of fused-ring (bicyclic) bond motifs is 2. The van der Waals surface area contributed by atoms with Gasteiger partial charge in [-0.25, -0.2) is 9.78 Å². The van der Waals surface area contributed by atoms with Crippen molar-refractivity contribution in [2.24, 2.45) is 5.92 Å². The Bertz CT molecular complexity index is 553. The zero-order valence-electron chi connectivity index (χ0n) is 12.7. The molecule has 2 fully saturated rings. The molecule has 5 nitrogen and oxygen atoms in total. The molecule has 1 aliphatic heterocycles. The number of likely N-dealkylation sites (tertiary alicyclic amines) is 1. The maximum absolute atomic E-state index is 12.2. The van der Waals surface area contributed by atoms with Crippen molar-refractivity contribution in [3.63, 3.8) is 0 Å². The van der Waals surface area contributed by atoms with Crippen LogP contribution in [0, 0.1) is 5.92 Å². The van der Waals surface area contributed by atoms with Crippen LogP contribution in [0.5, 0.6) is 5.88 Å². The SMILES string of the molecule is CC(C)(C)OC(=O)N1CC2CC1CC2c1cccc(O)n1. The van der Waals surface area contributed by atoms with Gasteiger partial charge in [-0.3, -0.25) is 0 Å². The van der Waals surface area contributed by atoms with Crippen LogP contribution >= 0.6 is 0 Å². The molecule has 0 aromatic carbocycles. The fraction of sp³-hybridized carbons (Fsp3) is 0.625. The summed E-state index contributed by atoms with van der Waals surface area (Å²) in [6.07, 6.45) is 1.69. The van der Waals surface area contributed by atoms with Crippen LogP contribution in [-0.2, 0) is 4.74 Å². The smallest absolute Gasteiger partial charge is 0.410 e. The third-order valence-corrected chi connectivity index (χ3v) is 4.31. The van der Waals surface area contributed by atoms with Gasteiger partial charge in [0.1, 0.15) is 5.60 Å². The molecule has 5 heteroatoms. The highest BCUT2D eigenvalue weighted by Gasteiger charge is 2.48. The molecule has 1 amide bonds. The Labute approximate surface area is 124 Å². The van der Waals surface area contributed by atoms with Crippen LogP contribution in [0.25, 0.3) is 0 Å². The number of ether oxygens (including phenoxy) is 1. The van der Waals surface area contributed by atoms with Crippen molar-refractivity contribution in [2.45, 2.75) is 51.2 Å². The lowest BCUT2D eigenvalue weighted by Crippen LogP contribution is -2.42. The maximum atomic E-state index is 12.2. The average molecular weight is 290 g/mol. The minimum absolute atomic E-state index is 0.0688. The average Bonchev–Trinajstić information content (AvgIpc) is 2.96. The van der Waals surface area contributed by atoms with Crippen LogP contribution in [0.3, 0.4) is 0 Å². The third-order valence-electron chi connectivity index (χ3n) is 4.31. The number of carbonyl (C=O) groups excluding carboxylic acids is 1. The number of nitrogens with zero attached hydrogens (tertiary/aromatic N) is 2. The van der Waals surface area contributed by atoms with Crippen LogP contribution < -0.4 is 0 Å². The summed E-state index contributed by atoms with van der Waals surface area (Å²) in [5, 5.41) is 9.52. The number of carbonyl (C=O) groups is 1. The van der Waals surface area contributed by atoms with E-state index in [1.807, 2.05) is 37.8 Å². The lowest BCUT2D eigenvalue weighted by atomic mass is 9.91. The van der Waals surface area contributed by atoms with Gasteiger partial charge in [-0.15, -0.1) is 0 Å².